The maximum atomic E-state index is 5.49. The molecule has 18 heavy (non-hydrogen) atoms. The van der Waals surface area contributed by atoms with Gasteiger partial charge < -0.3 is 4.42 Å². The van der Waals surface area contributed by atoms with Crippen molar-refractivity contribution in [3.63, 3.8) is 0 Å². The zero-order valence-corrected chi connectivity index (χ0v) is 9.86. The van der Waals surface area contributed by atoms with E-state index >= 15 is 0 Å². The Morgan fingerprint density at radius 1 is 0.778 bits per heavy atom. The van der Waals surface area contributed by atoms with Crippen LogP contribution in [0.3, 0.4) is 0 Å². The van der Waals surface area contributed by atoms with Gasteiger partial charge in [-0.05, 0) is 11.1 Å². The number of hydrogen-bond acceptors (Lipinski definition) is 2. The van der Waals surface area contributed by atoms with E-state index in [4.69, 9.17) is 4.42 Å². The average Bonchev–Trinajstić information content (AvgIpc) is 2.95. The highest BCUT2D eigenvalue weighted by molar-refractivity contribution is 5.37. The van der Waals surface area contributed by atoms with E-state index in [-0.39, 0.29) is 5.92 Å². The van der Waals surface area contributed by atoms with Crippen LogP contribution in [0.4, 0.5) is 0 Å². The lowest BCUT2D eigenvalue weighted by Gasteiger charge is -2.14. The lowest BCUT2D eigenvalue weighted by Crippen LogP contribution is -2.03. The van der Waals surface area contributed by atoms with Crippen LogP contribution < -0.4 is 0 Å². The molecule has 0 unspecified atom stereocenters. The van der Waals surface area contributed by atoms with Crippen molar-refractivity contribution < 1.29 is 4.42 Å². The lowest BCUT2D eigenvalue weighted by atomic mass is 9.91. The van der Waals surface area contributed by atoms with E-state index in [1.165, 1.54) is 11.1 Å². The zero-order valence-electron chi connectivity index (χ0n) is 9.86. The molecule has 0 N–H and O–H groups in total. The molecule has 2 nitrogen and oxygen atoms in total. The molecule has 2 heteroatoms. The molecule has 0 atom stereocenters. The predicted molar refractivity (Wildman–Crippen MR) is 70.3 cm³/mol. The molecular formula is C16H13NO. The monoisotopic (exact) mass is 235 g/mol. The molecule has 0 fully saturated rings. The molecule has 0 amide bonds. The largest absolute Gasteiger partial charge is 0.448 e. The Morgan fingerprint density at radius 2 is 1.33 bits per heavy atom. The molecule has 2 aromatic carbocycles. The van der Waals surface area contributed by atoms with E-state index in [9.17, 15) is 0 Å². The van der Waals surface area contributed by atoms with Crippen molar-refractivity contribution in [2.24, 2.45) is 0 Å². The second-order valence-corrected chi connectivity index (χ2v) is 4.12. The first kappa shape index (κ1) is 10.8. The summed E-state index contributed by atoms with van der Waals surface area (Å²) in [5.74, 6) is 0.787. The standard InChI is InChI=1S/C16H13NO/c1-3-7-13(8-4-1)15(16-17-11-12-18-16)14-9-5-2-6-10-14/h1-12,15H. The summed E-state index contributed by atoms with van der Waals surface area (Å²) in [6.45, 7) is 0. The first-order chi connectivity index (χ1) is 8.95. The van der Waals surface area contributed by atoms with Crippen molar-refractivity contribution in [2.45, 2.75) is 5.92 Å². The molecule has 0 radical (unpaired) electrons. The van der Waals surface area contributed by atoms with Crippen LogP contribution in [0.5, 0.6) is 0 Å². The number of aromatic nitrogens is 1. The van der Waals surface area contributed by atoms with Crippen molar-refractivity contribution in [1.29, 1.82) is 0 Å². The predicted octanol–water partition coefficient (Wildman–Crippen LogP) is 3.85. The fourth-order valence-corrected chi connectivity index (χ4v) is 2.15. The van der Waals surface area contributed by atoms with Crippen LogP contribution in [-0.2, 0) is 0 Å². The van der Waals surface area contributed by atoms with E-state index in [2.05, 4.69) is 29.2 Å². The third kappa shape index (κ3) is 2.05. The molecule has 0 aliphatic heterocycles. The van der Waals surface area contributed by atoms with E-state index < -0.39 is 0 Å². The van der Waals surface area contributed by atoms with Gasteiger partial charge in [-0.25, -0.2) is 4.98 Å². The molecule has 1 aromatic heterocycles. The van der Waals surface area contributed by atoms with Crippen molar-refractivity contribution in [3.8, 4) is 0 Å². The summed E-state index contributed by atoms with van der Waals surface area (Å²) in [6.07, 6.45) is 3.31. The Balaban J connectivity index is 2.11. The van der Waals surface area contributed by atoms with E-state index in [0.717, 1.165) is 5.89 Å². The van der Waals surface area contributed by atoms with E-state index in [1.54, 1.807) is 12.5 Å². The van der Waals surface area contributed by atoms with E-state index in [0.29, 0.717) is 0 Å². The molecule has 3 aromatic rings. The maximum absolute atomic E-state index is 5.49. The summed E-state index contributed by atoms with van der Waals surface area (Å²) in [4.78, 5) is 4.30. The highest BCUT2D eigenvalue weighted by Gasteiger charge is 2.19. The number of rotatable bonds is 3. The van der Waals surface area contributed by atoms with Crippen LogP contribution in [0.2, 0.25) is 0 Å². The molecule has 0 spiro atoms. The average molecular weight is 235 g/mol. The van der Waals surface area contributed by atoms with E-state index in [1.807, 2.05) is 36.4 Å². The normalized spacial score (nSPS) is 10.7. The lowest BCUT2D eigenvalue weighted by molar-refractivity contribution is 0.488. The van der Waals surface area contributed by atoms with Gasteiger partial charge in [-0.2, -0.15) is 0 Å². The van der Waals surface area contributed by atoms with Gasteiger partial charge in [-0.15, -0.1) is 0 Å². The fourth-order valence-electron chi connectivity index (χ4n) is 2.15. The third-order valence-electron chi connectivity index (χ3n) is 2.96. The van der Waals surface area contributed by atoms with Crippen molar-refractivity contribution in [3.05, 3.63) is 90.1 Å². The van der Waals surface area contributed by atoms with Crippen LogP contribution in [0, 0.1) is 0 Å². The second kappa shape index (κ2) is 4.88. The number of benzene rings is 2. The highest BCUT2D eigenvalue weighted by atomic mass is 16.3. The Bertz CT molecular complexity index is 548. The van der Waals surface area contributed by atoms with Gasteiger partial charge in [0.15, 0.2) is 0 Å². The van der Waals surface area contributed by atoms with Crippen LogP contribution >= 0.6 is 0 Å². The third-order valence-corrected chi connectivity index (χ3v) is 2.96. The quantitative estimate of drug-likeness (QED) is 0.689. The zero-order chi connectivity index (χ0) is 12.2. The SMILES string of the molecule is c1ccc(C(c2ccccc2)c2ncco2)cc1. The van der Waals surface area contributed by atoms with Gasteiger partial charge >= 0.3 is 0 Å². The minimum absolute atomic E-state index is 0.0578. The summed E-state index contributed by atoms with van der Waals surface area (Å²) < 4.78 is 5.49. The molecule has 0 saturated carbocycles. The summed E-state index contributed by atoms with van der Waals surface area (Å²) in [5, 5.41) is 0. The van der Waals surface area contributed by atoms with Gasteiger partial charge in [0.25, 0.3) is 0 Å². The van der Waals surface area contributed by atoms with Gasteiger partial charge in [-0.1, -0.05) is 60.7 Å². The first-order valence-electron chi connectivity index (χ1n) is 5.94. The van der Waals surface area contributed by atoms with Crippen LogP contribution in [0.1, 0.15) is 22.9 Å². The molecule has 0 aliphatic rings. The Labute approximate surface area is 106 Å². The summed E-state index contributed by atoms with van der Waals surface area (Å²) >= 11 is 0. The van der Waals surface area contributed by atoms with Crippen molar-refractivity contribution >= 4 is 0 Å². The smallest absolute Gasteiger partial charge is 0.205 e. The molecule has 0 saturated heterocycles. The number of hydrogen-bond donors (Lipinski definition) is 0. The second-order valence-electron chi connectivity index (χ2n) is 4.12. The Kier molecular flexibility index (Phi) is 2.92. The maximum Gasteiger partial charge on any atom is 0.205 e. The van der Waals surface area contributed by atoms with Gasteiger partial charge in [0, 0.05) is 0 Å². The van der Waals surface area contributed by atoms with Crippen LogP contribution in [0.15, 0.2) is 77.5 Å². The fraction of sp³-hybridized carbons (Fsp3) is 0.0625. The minimum atomic E-state index is 0.0578. The van der Waals surface area contributed by atoms with Crippen molar-refractivity contribution in [2.75, 3.05) is 0 Å². The number of nitrogens with zero attached hydrogens (tertiary/aromatic N) is 1. The molecule has 0 bridgehead atoms. The summed E-state index contributed by atoms with van der Waals surface area (Å²) in [7, 11) is 0. The first-order valence-corrected chi connectivity index (χ1v) is 5.94. The van der Waals surface area contributed by atoms with Gasteiger partial charge in [-0.3, -0.25) is 0 Å². The summed E-state index contributed by atoms with van der Waals surface area (Å²) in [5.41, 5.74) is 2.37. The van der Waals surface area contributed by atoms with Gasteiger partial charge in [0.05, 0.1) is 12.1 Å². The van der Waals surface area contributed by atoms with Gasteiger partial charge in [0.1, 0.15) is 6.26 Å². The number of oxazole rings is 1. The van der Waals surface area contributed by atoms with Crippen molar-refractivity contribution in [1.82, 2.24) is 4.98 Å². The van der Waals surface area contributed by atoms with Crippen LogP contribution in [0.25, 0.3) is 0 Å². The van der Waals surface area contributed by atoms with Gasteiger partial charge in [0.2, 0.25) is 5.89 Å². The van der Waals surface area contributed by atoms with Crippen LogP contribution in [-0.4, -0.2) is 4.98 Å². The topological polar surface area (TPSA) is 26.0 Å². The molecule has 3 rings (SSSR count). The Morgan fingerprint density at radius 3 is 1.78 bits per heavy atom. The molecule has 88 valence electrons. The molecule has 0 aliphatic carbocycles. The summed E-state index contributed by atoms with van der Waals surface area (Å²) in [6, 6.07) is 20.6. The Hall–Kier alpha value is -2.35. The molecular weight excluding hydrogens is 222 g/mol. The minimum Gasteiger partial charge on any atom is -0.448 e. The highest BCUT2D eigenvalue weighted by Crippen LogP contribution is 2.30. The molecule has 1 heterocycles.